The molecule has 0 bridgehead atoms. The summed E-state index contributed by atoms with van der Waals surface area (Å²) in [4.78, 5) is 15.4. The average molecular weight is 1590 g/mol. The lowest BCUT2D eigenvalue weighted by atomic mass is 9.92. The van der Waals surface area contributed by atoms with Crippen LogP contribution in [-0.4, -0.2) is 28.2 Å². The first kappa shape index (κ1) is 70.2. The van der Waals surface area contributed by atoms with Gasteiger partial charge in [-0.2, -0.15) is 0 Å². The van der Waals surface area contributed by atoms with E-state index in [2.05, 4.69) is 450 Å². The van der Waals surface area contributed by atoms with Crippen molar-refractivity contribution in [2.24, 2.45) is 0 Å². The van der Waals surface area contributed by atoms with Crippen LogP contribution in [0, 0.1) is 0 Å². The molecule has 0 spiro atoms. The Bertz CT molecular complexity index is 9200. The highest BCUT2D eigenvalue weighted by atomic mass is 15.0. The maximum atomic E-state index is 5.18. The van der Waals surface area contributed by atoms with Crippen molar-refractivity contribution >= 4 is 169 Å². The molecule has 6 aromatic heterocycles. The van der Waals surface area contributed by atoms with E-state index in [4.69, 9.17) is 15.0 Å². The van der Waals surface area contributed by atoms with Crippen LogP contribution in [0.1, 0.15) is 0 Å². The van der Waals surface area contributed by atoms with Crippen LogP contribution in [0.5, 0.6) is 0 Å². The highest BCUT2D eigenvalue weighted by Gasteiger charge is 2.25. The van der Waals surface area contributed by atoms with E-state index in [0.29, 0.717) is 0 Å². The van der Waals surface area contributed by atoms with Crippen molar-refractivity contribution in [2.45, 2.75) is 0 Å². The Morgan fingerprint density at radius 1 is 0.136 bits per heavy atom. The predicted octanol–water partition coefficient (Wildman–Crippen LogP) is 31.8. The van der Waals surface area contributed by atoms with Crippen molar-refractivity contribution in [3.63, 3.8) is 0 Å². The molecule has 6 heterocycles. The van der Waals surface area contributed by atoms with Gasteiger partial charge in [0.1, 0.15) is 16.9 Å². The number of aromatic nitrogens is 6. The summed E-state index contributed by atoms with van der Waals surface area (Å²) in [5, 5.41) is 23.6. The van der Waals surface area contributed by atoms with Crippen LogP contribution in [0.3, 0.4) is 0 Å². The molecule has 1 aliphatic carbocycles. The van der Waals surface area contributed by atoms with Crippen LogP contribution < -0.4 is 0 Å². The van der Waals surface area contributed by atoms with Crippen LogP contribution >= 0.6 is 0 Å². The van der Waals surface area contributed by atoms with Crippen molar-refractivity contribution in [2.75, 3.05) is 0 Å². The van der Waals surface area contributed by atoms with Crippen molar-refractivity contribution in [1.82, 2.24) is 28.2 Å². The maximum absolute atomic E-state index is 5.18. The highest BCUT2D eigenvalue weighted by Crippen LogP contribution is 2.50. The molecule has 0 aliphatic heterocycles. The van der Waals surface area contributed by atoms with Crippen LogP contribution in [0.2, 0.25) is 0 Å². The number of imidazole rings is 3. The fourth-order valence-corrected chi connectivity index (χ4v) is 20.3. The van der Waals surface area contributed by atoms with Crippen molar-refractivity contribution < 1.29 is 0 Å². The number of nitrogens with zero attached hydrogens (tertiary/aromatic N) is 6. The molecular formula is C119H72N6. The minimum Gasteiger partial charge on any atom is -0.292 e. The second kappa shape index (κ2) is 28.0. The van der Waals surface area contributed by atoms with Gasteiger partial charge in [0, 0.05) is 32.3 Å². The molecule has 0 radical (unpaired) electrons. The van der Waals surface area contributed by atoms with Gasteiger partial charge in [0.2, 0.25) is 0 Å². The topological polar surface area (TPSA) is 51.9 Å². The summed E-state index contributed by atoms with van der Waals surface area (Å²) in [7, 11) is 0. The number of rotatable bonds is 6. The molecule has 578 valence electrons. The fourth-order valence-electron chi connectivity index (χ4n) is 20.3. The van der Waals surface area contributed by atoms with Gasteiger partial charge in [-0.15, -0.1) is 0 Å². The molecule has 6 nitrogen and oxygen atoms in total. The Morgan fingerprint density at radius 2 is 0.456 bits per heavy atom. The molecule has 0 unspecified atom stereocenters. The molecular weight excluding hydrogens is 1510 g/mol. The van der Waals surface area contributed by atoms with Crippen LogP contribution in [0.15, 0.2) is 437 Å². The Kier molecular flexibility index (Phi) is 15.7. The lowest BCUT2D eigenvalue weighted by Crippen LogP contribution is -1.93. The summed E-state index contributed by atoms with van der Waals surface area (Å²) in [6.45, 7) is 0. The van der Waals surface area contributed by atoms with Crippen LogP contribution in [-0.2, 0) is 0 Å². The molecule has 0 fully saturated rings. The third kappa shape index (κ3) is 11.3. The minimum atomic E-state index is 0.999. The Hall–Kier alpha value is -16.7. The minimum absolute atomic E-state index is 0.999. The van der Waals surface area contributed by atoms with Crippen molar-refractivity contribution in [1.29, 1.82) is 0 Å². The molecule has 1 aliphatic rings. The van der Waals surface area contributed by atoms with E-state index in [0.717, 1.165) is 50.0 Å². The summed E-state index contributed by atoms with van der Waals surface area (Å²) < 4.78 is 7.01. The molecule has 21 aromatic carbocycles. The molecule has 125 heavy (non-hydrogen) atoms. The van der Waals surface area contributed by atoms with Crippen molar-refractivity contribution in [3.8, 4) is 89.0 Å². The third-order valence-corrected chi connectivity index (χ3v) is 26.3. The Morgan fingerprint density at radius 3 is 0.960 bits per heavy atom. The van der Waals surface area contributed by atoms with Crippen LogP contribution in [0.25, 0.3) is 258 Å². The van der Waals surface area contributed by atoms with Gasteiger partial charge in [0.25, 0.3) is 0 Å². The van der Waals surface area contributed by atoms with Gasteiger partial charge in [-0.05, 0) is 274 Å². The van der Waals surface area contributed by atoms with E-state index in [-0.39, 0.29) is 0 Å². The summed E-state index contributed by atoms with van der Waals surface area (Å²) in [5.74, 6) is 0. The second-order valence-electron chi connectivity index (χ2n) is 33.3. The normalized spacial score (nSPS) is 12.0. The van der Waals surface area contributed by atoms with E-state index in [1.165, 1.54) is 208 Å². The molecule has 6 heteroatoms. The molecule has 0 atom stereocenters. The number of fused-ring (bicyclic) bond motifs is 31. The predicted molar refractivity (Wildman–Crippen MR) is 528 cm³/mol. The van der Waals surface area contributed by atoms with E-state index in [1.54, 1.807) is 0 Å². The average Bonchev–Trinajstić information content (AvgIpc) is 1.59. The molecule has 0 amide bonds. The van der Waals surface area contributed by atoms with E-state index in [1.807, 2.05) is 0 Å². The molecule has 0 N–H and O–H groups in total. The number of hydrogen-bond donors (Lipinski definition) is 0. The number of para-hydroxylation sites is 6. The van der Waals surface area contributed by atoms with Gasteiger partial charge in [-0.25, -0.2) is 15.0 Å². The SMILES string of the molecule is c1cc(-c2ccc3c4cc5ccccc5cc4c4nc5ccccc5n4c3c2)cc(-c2ccc3c4c(cccc24)-c2ccccc2-3)c1.c1ccc(-c2ccc(-c3ccc4c(c3)c3cc5ccccc5cc3c3nc5ccccc5n43)cc2)cc1.c1ccc2cc(-c3ccc(-c4ccc5c(c4)c4cc6ccccc6cc4c4nc6ccccc6n54)cc3)ccc2c1. The molecule has 28 rings (SSSR count). The Balaban J connectivity index is 0.000000101. The maximum Gasteiger partial charge on any atom is 0.146 e. The monoisotopic (exact) mass is 1580 g/mol. The first-order valence-electron chi connectivity index (χ1n) is 42.9. The molecule has 0 saturated carbocycles. The number of hydrogen-bond acceptors (Lipinski definition) is 3. The highest BCUT2D eigenvalue weighted by molar-refractivity contribution is 6.23. The lowest BCUT2D eigenvalue weighted by Gasteiger charge is -2.14. The fraction of sp³-hybridized carbons (Fsp3) is 0. The van der Waals surface area contributed by atoms with Crippen molar-refractivity contribution in [3.05, 3.63) is 437 Å². The van der Waals surface area contributed by atoms with Gasteiger partial charge in [-0.3, -0.25) is 13.2 Å². The largest absolute Gasteiger partial charge is 0.292 e. The van der Waals surface area contributed by atoms with Gasteiger partial charge >= 0.3 is 0 Å². The van der Waals surface area contributed by atoms with E-state index >= 15 is 0 Å². The zero-order valence-electron chi connectivity index (χ0n) is 67.8. The van der Waals surface area contributed by atoms with Gasteiger partial charge < -0.3 is 0 Å². The van der Waals surface area contributed by atoms with Gasteiger partial charge in [-0.1, -0.05) is 322 Å². The molecule has 27 aromatic rings. The molecule has 0 saturated heterocycles. The number of benzene rings is 21. The number of pyridine rings is 3. The third-order valence-electron chi connectivity index (χ3n) is 26.3. The second-order valence-corrected chi connectivity index (χ2v) is 33.3. The smallest absolute Gasteiger partial charge is 0.146 e. The summed E-state index contributed by atoms with van der Waals surface area (Å²) in [6.07, 6.45) is 0. The Labute approximate surface area is 718 Å². The quantitative estimate of drug-likeness (QED) is 0.123. The van der Waals surface area contributed by atoms with Gasteiger partial charge in [0.15, 0.2) is 0 Å². The summed E-state index contributed by atoms with van der Waals surface area (Å²) in [6, 6.07) is 158. The van der Waals surface area contributed by atoms with Gasteiger partial charge in [0.05, 0.1) is 49.7 Å². The first-order valence-corrected chi connectivity index (χ1v) is 42.9. The van der Waals surface area contributed by atoms with E-state index < -0.39 is 0 Å². The zero-order valence-corrected chi connectivity index (χ0v) is 67.8. The zero-order chi connectivity index (χ0) is 81.9. The van der Waals surface area contributed by atoms with Crippen LogP contribution in [0.4, 0.5) is 0 Å². The summed E-state index contributed by atoms with van der Waals surface area (Å²) >= 11 is 0. The lowest BCUT2D eigenvalue weighted by molar-refractivity contribution is 1.32. The summed E-state index contributed by atoms with van der Waals surface area (Å²) in [5.41, 5.74) is 33.0. The first-order chi connectivity index (χ1) is 61.9. The standard InChI is InChI=1S/C45H26N2.C39H24N2.C35H22N2/c1-2-10-29-25-40-39(24-28(29)9-1)35-20-19-30(26-43(35)47-42-18-6-5-17-41(42)46-45(40)47)27-11-7-12-31(23-27)32-21-22-38-34-14-4-3-13-33(34)37-16-8-15-36(32)44(37)38;1-2-8-28-21-31(18-17-25(28)7-1)26-13-15-27(16-14-26)32-19-20-37-34(23-32)33-22-29-9-3-4-10-30(29)24-35(33)39-40-36-11-5-6-12-38(36)41(37)39;1-2-8-23(9-3-1)24-14-16-25(17-15-24)28-18-19-33-30(21-28)29-20-26-10-4-5-11-27(26)22-31(29)35-36-32-12-6-7-13-34(32)37(33)35/h1-26H;1-24H;1-22H. The van der Waals surface area contributed by atoms with E-state index in [9.17, 15) is 0 Å².